The average molecular weight is 444 g/mol. The van der Waals surface area contributed by atoms with E-state index in [1.54, 1.807) is 48.0 Å². The lowest BCUT2D eigenvalue weighted by Crippen LogP contribution is -2.25. The third kappa shape index (κ3) is 5.09. The second-order valence-corrected chi connectivity index (χ2v) is 7.27. The maximum atomic E-state index is 12.3. The van der Waals surface area contributed by atoms with Crippen molar-refractivity contribution in [2.24, 2.45) is 5.73 Å². The van der Waals surface area contributed by atoms with Gasteiger partial charge in [0.05, 0.1) is 12.2 Å². The number of hydrogen-bond donors (Lipinski definition) is 1. The minimum absolute atomic E-state index is 0.353. The zero-order valence-corrected chi connectivity index (χ0v) is 17.6. The number of aromatic nitrogens is 2. The molecule has 1 amide bonds. The quantitative estimate of drug-likeness (QED) is 0.434. The smallest absolute Gasteiger partial charge is 0.331 e. The Labute approximate surface area is 183 Å². The molecule has 1 heterocycles. The van der Waals surface area contributed by atoms with E-state index in [0.29, 0.717) is 33.5 Å². The monoisotopic (exact) mass is 443 g/mol. The van der Waals surface area contributed by atoms with Gasteiger partial charge in [0, 0.05) is 22.2 Å². The second-order valence-electron chi connectivity index (χ2n) is 6.50. The van der Waals surface area contributed by atoms with Crippen LogP contribution >= 0.6 is 23.2 Å². The molecule has 2 N–H and O–H groups in total. The first kappa shape index (κ1) is 21.6. The molecule has 0 spiro atoms. The van der Waals surface area contributed by atoms with Gasteiger partial charge in [0.1, 0.15) is 5.15 Å². The Bertz CT molecular complexity index is 1090. The normalized spacial score (nSPS) is 12.1. The highest BCUT2D eigenvalue weighted by atomic mass is 35.5. The van der Waals surface area contributed by atoms with Crippen LogP contribution in [0.3, 0.4) is 0 Å². The fourth-order valence-corrected chi connectivity index (χ4v) is 3.37. The Balaban J connectivity index is 1.75. The van der Waals surface area contributed by atoms with E-state index in [1.165, 1.54) is 12.2 Å². The topological polar surface area (TPSA) is 87.2 Å². The number of esters is 1. The number of ether oxygens (including phenoxy) is 1. The largest absolute Gasteiger partial charge is 0.444 e. The maximum Gasteiger partial charge on any atom is 0.331 e. The summed E-state index contributed by atoms with van der Waals surface area (Å²) in [6, 6.07) is 16.0. The summed E-state index contributed by atoms with van der Waals surface area (Å²) in [4.78, 5) is 24.0. The van der Waals surface area contributed by atoms with Crippen LogP contribution < -0.4 is 5.73 Å². The summed E-state index contributed by atoms with van der Waals surface area (Å²) in [6.45, 7) is 2.16. The van der Waals surface area contributed by atoms with Crippen molar-refractivity contribution in [3.63, 3.8) is 0 Å². The summed E-state index contributed by atoms with van der Waals surface area (Å²) in [7, 11) is 0. The van der Waals surface area contributed by atoms with Crippen molar-refractivity contribution in [3.8, 4) is 0 Å². The molecule has 6 nitrogen and oxygen atoms in total. The molecule has 154 valence electrons. The molecule has 1 aromatic heterocycles. The molecule has 0 radical (unpaired) electrons. The molecular weight excluding hydrogens is 425 g/mol. The molecule has 0 bridgehead atoms. The number of primary amides is 1. The fourth-order valence-electron chi connectivity index (χ4n) is 2.87. The summed E-state index contributed by atoms with van der Waals surface area (Å²) in [5.74, 6) is -1.48. The van der Waals surface area contributed by atoms with E-state index in [1.807, 2.05) is 18.2 Å². The van der Waals surface area contributed by atoms with Crippen LogP contribution in [0.15, 0.2) is 60.7 Å². The van der Waals surface area contributed by atoms with E-state index < -0.39 is 18.0 Å². The molecule has 0 saturated heterocycles. The number of carbonyl (C=O) groups excluding carboxylic acids is 2. The zero-order valence-electron chi connectivity index (χ0n) is 16.1. The van der Waals surface area contributed by atoms with Gasteiger partial charge < -0.3 is 10.5 Å². The second kappa shape index (κ2) is 9.61. The Morgan fingerprint density at radius 2 is 1.80 bits per heavy atom. The van der Waals surface area contributed by atoms with Crippen molar-refractivity contribution in [2.45, 2.75) is 19.6 Å². The van der Waals surface area contributed by atoms with Crippen molar-refractivity contribution in [2.75, 3.05) is 0 Å². The molecule has 2 aromatic carbocycles. The van der Waals surface area contributed by atoms with E-state index in [0.717, 1.165) is 5.56 Å². The number of hydrogen-bond acceptors (Lipinski definition) is 4. The van der Waals surface area contributed by atoms with Crippen LogP contribution in [0, 0.1) is 6.92 Å². The maximum absolute atomic E-state index is 12.3. The first-order valence-electron chi connectivity index (χ1n) is 9.06. The molecule has 3 rings (SSSR count). The van der Waals surface area contributed by atoms with E-state index in [9.17, 15) is 9.59 Å². The number of halogens is 2. The van der Waals surface area contributed by atoms with Crippen LogP contribution in [-0.4, -0.2) is 21.7 Å². The summed E-state index contributed by atoms with van der Waals surface area (Å²) in [6.07, 6.45) is 1.51. The lowest BCUT2D eigenvalue weighted by molar-refractivity contribution is -0.150. The molecule has 0 aliphatic heterocycles. The van der Waals surface area contributed by atoms with Crippen LogP contribution in [-0.2, 0) is 20.9 Å². The van der Waals surface area contributed by atoms with Gasteiger partial charge in [-0.1, -0.05) is 71.7 Å². The van der Waals surface area contributed by atoms with Gasteiger partial charge in [-0.15, -0.1) is 0 Å². The number of rotatable bonds is 7. The van der Waals surface area contributed by atoms with E-state index in [4.69, 9.17) is 33.7 Å². The SMILES string of the molecule is Cc1nn(Cc2ccccc2Cl)c(Cl)c1/C=C/C(=O)OC(C(N)=O)c1ccccc1. The number of nitrogens with zero attached hydrogens (tertiary/aromatic N) is 2. The van der Waals surface area contributed by atoms with Crippen molar-refractivity contribution in [3.05, 3.63) is 93.2 Å². The van der Waals surface area contributed by atoms with E-state index >= 15 is 0 Å². The Morgan fingerprint density at radius 3 is 2.47 bits per heavy atom. The fraction of sp³-hybridized carbons (Fsp3) is 0.136. The lowest BCUT2D eigenvalue weighted by Gasteiger charge is -2.13. The summed E-state index contributed by atoms with van der Waals surface area (Å²) in [5, 5.41) is 5.37. The molecule has 0 fully saturated rings. The van der Waals surface area contributed by atoms with E-state index in [2.05, 4.69) is 5.10 Å². The first-order chi connectivity index (χ1) is 14.4. The number of aryl methyl sites for hydroxylation is 1. The van der Waals surface area contributed by atoms with Crippen LogP contribution in [0.5, 0.6) is 0 Å². The van der Waals surface area contributed by atoms with Gasteiger partial charge in [-0.3, -0.25) is 4.79 Å². The van der Waals surface area contributed by atoms with Gasteiger partial charge in [-0.25, -0.2) is 9.48 Å². The molecule has 1 atom stereocenters. The van der Waals surface area contributed by atoms with Crippen molar-refractivity contribution in [1.82, 2.24) is 9.78 Å². The minimum atomic E-state index is -1.18. The number of benzene rings is 2. The summed E-state index contributed by atoms with van der Waals surface area (Å²) in [5.41, 5.74) is 7.93. The Kier molecular flexibility index (Phi) is 6.92. The molecule has 0 saturated carbocycles. The highest BCUT2D eigenvalue weighted by Crippen LogP contribution is 2.25. The molecule has 8 heteroatoms. The molecule has 0 aliphatic rings. The highest BCUT2D eigenvalue weighted by molar-refractivity contribution is 6.32. The first-order valence-corrected chi connectivity index (χ1v) is 9.81. The van der Waals surface area contributed by atoms with Crippen molar-refractivity contribution < 1.29 is 14.3 Å². The predicted octanol–water partition coefficient (Wildman–Crippen LogP) is 4.33. The summed E-state index contributed by atoms with van der Waals surface area (Å²) < 4.78 is 6.83. The van der Waals surface area contributed by atoms with Gasteiger partial charge in [0.15, 0.2) is 0 Å². The lowest BCUT2D eigenvalue weighted by atomic mass is 10.1. The van der Waals surface area contributed by atoms with Crippen LogP contribution in [0.2, 0.25) is 10.2 Å². The minimum Gasteiger partial charge on any atom is -0.444 e. The number of nitrogens with two attached hydrogens (primary N) is 1. The van der Waals surface area contributed by atoms with Crippen LogP contribution in [0.4, 0.5) is 0 Å². The highest BCUT2D eigenvalue weighted by Gasteiger charge is 2.21. The van der Waals surface area contributed by atoms with Gasteiger partial charge in [-0.2, -0.15) is 5.10 Å². The number of carbonyl (C=O) groups is 2. The van der Waals surface area contributed by atoms with Crippen LogP contribution in [0.25, 0.3) is 6.08 Å². The van der Waals surface area contributed by atoms with Gasteiger partial charge in [-0.05, 0) is 24.6 Å². The number of amides is 1. The van der Waals surface area contributed by atoms with E-state index in [-0.39, 0.29) is 0 Å². The Hall–Kier alpha value is -3.09. The van der Waals surface area contributed by atoms with Crippen molar-refractivity contribution >= 4 is 41.2 Å². The third-order valence-electron chi connectivity index (χ3n) is 4.37. The average Bonchev–Trinajstić information content (AvgIpc) is 2.99. The molecule has 1 unspecified atom stereocenters. The standard InChI is InChI=1S/C22H19Cl2N3O3/c1-14-17(21(24)27(26-14)13-16-9-5-6-10-18(16)23)11-12-19(28)30-20(22(25)29)15-7-3-2-4-8-15/h2-12,20H,13H2,1H3,(H2,25,29)/b12-11+. The predicted molar refractivity (Wildman–Crippen MR) is 116 cm³/mol. The van der Waals surface area contributed by atoms with Crippen LogP contribution in [0.1, 0.15) is 28.5 Å². The molecule has 3 aromatic rings. The molecule has 30 heavy (non-hydrogen) atoms. The zero-order chi connectivity index (χ0) is 21.7. The molecular formula is C22H19Cl2N3O3. The van der Waals surface area contributed by atoms with Gasteiger partial charge in [0.2, 0.25) is 6.10 Å². The Morgan fingerprint density at radius 1 is 1.13 bits per heavy atom. The third-order valence-corrected chi connectivity index (χ3v) is 5.14. The molecule has 0 aliphatic carbocycles. The van der Waals surface area contributed by atoms with Crippen molar-refractivity contribution in [1.29, 1.82) is 0 Å². The summed E-state index contributed by atoms with van der Waals surface area (Å²) >= 11 is 12.7. The van der Waals surface area contributed by atoms with Gasteiger partial charge in [0.25, 0.3) is 5.91 Å². The van der Waals surface area contributed by atoms with Gasteiger partial charge >= 0.3 is 5.97 Å².